The molecule has 0 amide bonds. The van der Waals surface area contributed by atoms with Crippen molar-refractivity contribution in [3.8, 4) is 5.75 Å². The van der Waals surface area contributed by atoms with Crippen LogP contribution in [0.25, 0.3) is 0 Å². The molecular weight excluding hydrogens is 439 g/mol. The number of carboxylic acid groups (broad SMARTS) is 1. The summed E-state index contributed by atoms with van der Waals surface area (Å²) in [5, 5.41) is 9.57. The Kier molecular flexibility index (Phi) is 5.00. The van der Waals surface area contributed by atoms with Crippen LogP contribution in [0.2, 0.25) is 0 Å². The molecule has 2 heterocycles. The van der Waals surface area contributed by atoms with Crippen LogP contribution in [0, 0.1) is 41.1 Å². The summed E-state index contributed by atoms with van der Waals surface area (Å²) in [5.74, 6) is -5.15. The molecule has 1 aliphatic carbocycles. The number of carbonyl (C=O) groups is 2. The first-order valence-corrected chi connectivity index (χ1v) is 10.6. The van der Waals surface area contributed by atoms with Gasteiger partial charge in [0.1, 0.15) is 23.2 Å². The van der Waals surface area contributed by atoms with Crippen LogP contribution in [0.4, 0.5) is 30.2 Å². The molecule has 1 saturated heterocycles. The third-order valence-corrected chi connectivity index (χ3v) is 7.06. The molecule has 7 nitrogen and oxygen atoms in total. The summed E-state index contributed by atoms with van der Waals surface area (Å²) in [4.78, 5) is 27.8. The lowest BCUT2D eigenvalue weighted by Gasteiger charge is -2.37. The highest BCUT2D eigenvalue weighted by molar-refractivity contribution is 6.15. The van der Waals surface area contributed by atoms with Crippen LogP contribution >= 0.6 is 0 Å². The molecule has 4 atom stereocenters. The summed E-state index contributed by atoms with van der Waals surface area (Å²) in [7, 11) is 1.31. The minimum Gasteiger partial charge on any atom is -0.492 e. The molecule has 10 heteroatoms. The number of piperidine rings is 1. The predicted octanol–water partition coefficient (Wildman–Crippen LogP) is 2.79. The first kappa shape index (κ1) is 21.6. The SMILES string of the molecule is COc1c(N2C[C@@H]3C(CN)[C@@H]3C2)c(F)cc2c1N(c1ccc(F)cc1F)CC(C(=O)O)C2=O. The van der Waals surface area contributed by atoms with Crippen molar-refractivity contribution in [2.24, 2.45) is 29.4 Å². The van der Waals surface area contributed by atoms with Gasteiger partial charge in [-0.1, -0.05) is 0 Å². The Labute approximate surface area is 187 Å². The molecule has 33 heavy (non-hydrogen) atoms. The van der Waals surface area contributed by atoms with E-state index in [9.17, 15) is 23.5 Å². The van der Waals surface area contributed by atoms with E-state index in [0.717, 1.165) is 18.2 Å². The lowest BCUT2D eigenvalue weighted by Crippen LogP contribution is -2.41. The molecule has 0 radical (unpaired) electrons. The molecule has 3 aliphatic rings. The van der Waals surface area contributed by atoms with E-state index in [1.807, 2.05) is 4.90 Å². The zero-order chi connectivity index (χ0) is 23.6. The van der Waals surface area contributed by atoms with Gasteiger partial charge in [0.25, 0.3) is 0 Å². The molecule has 2 fully saturated rings. The normalized spacial score (nSPS) is 25.7. The van der Waals surface area contributed by atoms with Gasteiger partial charge in [0.2, 0.25) is 0 Å². The Morgan fingerprint density at radius 1 is 1.12 bits per heavy atom. The Morgan fingerprint density at radius 3 is 2.39 bits per heavy atom. The minimum absolute atomic E-state index is 0.0107. The second-order valence-corrected chi connectivity index (χ2v) is 8.73. The minimum atomic E-state index is -1.55. The molecule has 1 saturated carbocycles. The van der Waals surface area contributed by atoms with E-state index in [0.29, 0.717) is 43.5 Å². The van der Waals surface area contributed by atoms with Crippen LogP contribution in [0.15, 0.2) is 24.3 Å². The largest absolute Gasteiger partial charge is 0.492 e. The van der Waals surface area contributed by atoms with E-state index in [1.165, 1.54) is 12.0 Å². The Bertz CT molecular complexity index is 1160. The Hall–Kier alpha value is -3.27. The van der Waals surface area contributed by atoms with Gasteiger partial charge in [0, 0.05) is 31.3 Å². The fourth-order valence-electron chi connectivity index (χ4n) is 5.39. The third-order valence-electron chi connectivity index (χ3n) is 7.06. The smallest absolute Gasteiger partial charge is 0.316 e. The van der Waals surface area contributed by atoms with Crippen molar-refractivity contribution < 1.29 is 32.6 Å². The zero-order valence-corrected chi connectivity index (χ0v) is 17.7. The quantitative estimate of drug-likeness (QED) is 0.661. The van der Waals surface area contributed by atoms with Crippen LogP contribution in [0.3, 0.4) is 0 Å². The van der Waals surface area contributed by atoms with Crippen molar-refractivity contribution in [2.45, 2.75) is 0 Å². The number of carboxylic acids is 1. The molecule has 0 spiro atoms. The number of anilines is 3. The molecule has 2 aliphatic heterocycles. The van der Waals surface area contributed by atoms with Crippen molar-refractivity contribution in [1.29, 1.82) is 0 Å². The van der Waals surface area contributed by atoms with Gasteiger partial charge in [0.05, 0.1) is 18.5 Å². The first-order chi connectivity index (χ1) is 15.8. The van der Waals surface area contributed by atoms with E-state index in [2.05, 4.69) is 0 Å². The number of Topliss-reactive ketones (excluding diaryl/α,β-unsaturated/α-hetero) is 1. The third kappa shape index (κ3) is 3.23. The predicted molar refractivity (Wildman–Crippen MR) is 114 cm³/mol. The molecule has 2 aromatic rings. The van der Waals surface area contributed by atoms with E-state index in [-0.39, 0.29) is 28.4 Å². The number of ether oxygens (including phenoxy) is 1. The van der Waals surface area contributed by atoms with Gasteiger partial charge in [0.15, 0.2) is 17.3 Å². The van der Waals surface area contributed by atoms with Gasteiger partial charge in [-0.05, 0) is 42.5 Å². The van der Waals surface area contributed by atoms with Crippen molar-refractivity contribution in [2.75, 3.05) is 43.1 Å². The number of ketones is 1. The molecule has 5 rings (SSSR count). The highest BCUT2D eigenvalue weighted by Gasteiger charge is 2.55. The van der Waals surface area contributed by atoms with Gasteiger partial charge < -0.3 is 25.4 Å². The Balaban J connectivity index is 1.67. The van der Waals surface area contributed by atoms with Crippen molar-refractivity contribution >= 4 is 28.8 Å². The van der Waals surface area contributed by atoms with Crippen LogP contribution in [-0.4, -0.2) is 50.1 Å². The van der Waals surface area contributed by atoms with E-state index in [1.54, 1.807) is 0 Å². The molecular formula is C23H22F3N3O4. The number of carbonyl (C=O) groups excluding carboxylic acids is 1. The number of hydrogen-bond donors (Lipinski definition) is 2. The summed E-state index contributed by atoms with van der Waals surface area (Å²) >= 11 is 0. The highest BCUT2D eigenvalue weighted by atomic mass is 19.1. The summed E-state index contributed by atoms with van der Waals surface area (Å²) < 4.78 is 49.2. The van der Waals surface area contributed by atoms with E-state index >= 15 is 4.39 Å². The maximum absolute atomic E-state index is 15.4. The first-order valence-electron chi connectivity index (χ1n) is 10.6. The maximum atomic E-state index is 15.4. The summed E-state index contributed by atoms with van der Waals surface area (Å²) in [6.45, 7) is 1.28. The highest BCUT2D eigenvalue weighted by Crippen LogP contribution is 2.55. The number of fused-ring (bicyclic) bond motifs is 2. The molecule has 0 aromatic heterocycles. The van der Waals surface area contributed by atoms with Gasteiger partial charge in [-0.25, -0.2) is 13.2 Å². The van der Waals surface area contributed by atoms with E-state index in [4.69, 9.17) is 10.5 Å². The van der Waals surface area contributed by atoms with Crippen LogP contribution in [-0.2, 0) is 4.79 Å². The number of methoxy groups -OCH3 is 1. The zero-order valence-electron chi connectivity index (χ0n) is 17.7. The topological polar surface area (TPSA) is 96.1 Å². The van der Waals surface area contributed by atoms with Crippen LogP contribution < -0.4 is 20.3 Å². The number of nitrogens with zero attached hydrogens (tertiary/aromatic N) is 2. The van der Waals surface area contributed by atoms with Crippen LogP contribution in [0.1, 0.15) is 10.4 Å². The van der Waals surface area contributed by atoms with Gasteiger partial charge >= 0.3 is 5.97 Å². The average Bonchev–Trinajstić information content (AvgIpc) is 3.24. The molecule has 2 unspecified atom stereocenters. The number of aliphatic carboxylic acids is 1. The number of benzene rings is 2. The van der Waals surface area contributed by atoms with Gasteiger partial charge in [-0.2, -0.15) is 0 Å². The maximum Gasteiger partial charge on any atom is 0.316 e. The van der Waals surface area contributed by atoms with Crippen molar-refractivity contribution in [3.05, 3.63) is 47.3 Å². The molecule has 3 N–H and O–H groups in total. The summed E-state index contributed by atoms with van der Waals surface area (Å²) in [6.07, 6.45) is 0. The molecule has 2 aromatic carbocycles. The van der Waals surface area contributed by atoms with Crippen molar-refractivity contribution in [3.63, 3.8) is 0 Å². The van der Waals surface area contributed by atoms with Gasteiger partial charge in [-0.15, -0.1) is 0 Å². The number of hydrogen-bond acceptors (Lipinski definition) is 6. The standard InChI is InChI=1S/C23H22F3N3O4/c1-33-22-19-11(5-17(26)20(22)28-7-13-12(6-27)14(13)8-28)21(30)15(23(31)32)9-29(19)18-3-2-10(24)4-16(18)25/h2-5,12-15H,6-9,27H2,1H3,(H,31,32)/t12?,13-,14+,15?. The van der Waals surface area contributed by atoms with Crippen LogP contribution in [0.5, 0.6) is 5.75 Å². The fraction of sp³-hybridized carbons (Fsp3) is 0.391. The fourth-order valence-corrected chi connectivity index (χ4v) is 5.39. The summed E-state index contributed by atoms with van der Waals surface area (Å²) in [6, 6.07) is 3.84. The lowest BCUT2D eigenvalue weighted by molar-refractivity contribution is -0.139. The van der Waals surface area contributed by atoms with E-state index < -0.39 is 41.7 Å². The second-order valence-electron chi connectivity index (χ2n) is 8.73. The molecule has 174 valence electrons. The number of halogens is 3. The number of rotatable bonds is 5. The monoisotopic (exact) mass is 461 g/mol. The number of nitrogens with two attached hydrogens (primary N) is 1. The average molecular weight is 461 g/mol. The van der Waals surface area contributed by atoms with Gasteiger partial charge in [-0.3, -0.25) is 9.59 Å². The Morgan fingerprint density at radius 2 is 1.82 bits per heavy atom. The summed E-state index contributed by atoms with van der Waals surface area (Å²) in [5.41, 5.74) is 5.61. The molecule has 0 bridgehead atoms. The lowest BCUT2D eigenvalue weighted by atomic mass is 9.89. The van der Waals surface area contributed by atoms with Crippen molar-refractivity contribution in [1.82, 2.24) is 0 Å². The second kappa shape index (κ2) is 7.65.